The molecule has 102 valence electrons. The SMILES string of the molecule is Cc1ccc(CO/C=C/C(=O)Oc2ccccc2)cc1. The van der Waals surface area contributed by atoms with E-state index in [2.05, 4.69) is 0 Å². The summed E-state index contributed by atoms with van der Waals surface area (Å²) in [5.74, 6) is 0.0563. The number of ether oxygens (including phenoxy) is 2. The summed E-state index contributed by atoms with van der Waals surface area (Å²) >= 11 is 0. The molecular formula is C17H16O3. The van der Waals surface area contributed by atoms with Crippen molar-refractivity contribution in [3.05, 3.63) is 78.1 Å². The van der Waals surface area contributed by atoms with E-state index in [-0.39, 0.29) is 0 Å². The van der Waals surface area contributed by atoms with Gasteiger partial charge in [-0.2, -0.15) is 0 Å². The number of carbonyl (C=O) groups excluding carboxylic acids is 1. The maximum atomic E-state index is 11.5. The lowest BCUT2D eigenvalue weighted by Gasteiger charge is -2.02. The van der Waals surface area contributed by atoms with Crippen LogP contribution in [-0.2, 0) is 16.1 Å². The summed E-state index contributed by atoms with van der Waals surface area (Å²) < 4.78 is 10.4. The minimum Gasteiger partial charge on any atom is -0.496 e. The molecule has 0 bridgehead atoms. The topological polar surface area (TPSA) is 35.5 Å². The summed E-state index contributed by atoms with van der Waals surface area (Å²) in [5, 5.41) is 0. The number of aryl methyl sites for hydroxylation is 1. The molecule has 0 fully saturated rings. The first-order valence-electron chi connectivity index (χ1n) is 6.34. The average molecular weight is 268 g/mol. The zero-order valence-electron chi connectivity index (χ0n) is 11.3. The van der Waals surface area contributed by atoms with Gasteiger partial charge in [0.25, 0.3) is 0 Å². The summed E-state index contributed by atoms with van der Waals surface area (Å²) in [5.41, 5.74) is 2.26. The van der Waals surface area contributed by atoms with Crippen LogP contribution in [0.5, 0.6) is 5.75 Å². The van der Waals surface area contributed by atoms with Crippen LogP contribution in [-0.4, -0.2) is 5.97 Å². The van der Waals surface area contributed by atoms with Crippen LogP contribution in [0.15, 0.2) is 66.9 Å². The van der Waals surface area contributed by atoms with Crippen LogP contribution in [0.3, 0.4) is 0 Å². The van der Waals surface area contributed by atoms with Crippen molar-refractivity contribution in [3.63, 3.8) is 0 Å². The molecule has 0 N–H and O–H groups in total. The third-order valence-electron chi connectivity index (χ3n) is 2.63. The fraction of sp³-hybridized carbons (Fsp3) is 0.118. The van der Waals surface area contributed by atoms with E-state index < -0.39 is 5.97 Å². The monoisotopic (exact) mass is 268 g/mol. The molecule has 2 aromatic carbocycles. The normalized spacial score (nSPS) is 10.4. The summed E-state index contributed by atoms with van der Waals surface area (Å²) in [6, 6.07) is 16.9. The minimum atomic E-state index is -0.458. The second-order valence-electron chi connectivity index (χ2n) is 4.33. The molecule has 0 saturated heterocycles. The van der Waals surface area contributed by atoms with Crippen molar-refractivity contribution >= 4 is 5.97 Å². The Balaban J connectivity index is 1.76. The third kappa shape index (κ3) is 4.61. The molecule has 0 aliphatic heterocycles. The van der Waals surface area contributed by atoms with Crippen LogP contribution < -0.4 is 4.74 Å². The van der Waals surface area contributed by atoms with Crippen molar-refractivity contribution in [2.24, 2.45) is 0 Å². The molecule has 0 amide bonds. The molecular weight excluding hydrogens is 252 g/mol. The van der Waals surface area contributed by atoms with Crippen molar-refractivity contribution in [1.29, 1.82) is 0 Å². The van der Waals surface area contributed by atoms with E-state index in [4.69, 9.17) is 9.47 Å². The standard InChI is InChI=1S/C17H16O3/c1-14-7-9-15(10-8-14)13-19-12-11-17(18)20-16-5-3-2-4-6-16/h2-12H,13H2,1H3/b12-11+. The maximum Gasteiger partial charge on any atom is 0.339 e. The lowest BCUT2D eigenvalue weighted by Crippen LogP contribution is -2.03. The van der Waals surface area contributed by atoms with E-state index in [1.165, 1.54) is 17.9 Å². The Morgan fingerprint density at radius 2 is 1.75 bits per heavy atom. The first-order valence-corrected chi connectivity index (χ1v) is 6.34. The number of benzene rings is 2. The molecule has 0 aromatic heterocycles. The highest BCUT2D eigenvalue weighted by atomic mass is 16.5. The van der Waals surface area contributed by atoms with Crippen molar-refractivity contribution < 1.29 is 14.3 Å². The first-order chi connectivity index (χ1) is 9.74. The van der Waals surface area contributed by atoms with Crippen LogP contribution in [0.2, 0.25) is 0 Å². The van der Waals surface area contributed by atoms with E-state index in [1.807, 2.05) is 37.3 Å². The number of hydrogen-bond acceptors (Lipinski definition) is 3. The predicted molar refractivity (Wildman–Crippen MR) is 77.2 cm³/mol. The lowest BCUT2D eigenvalue weighted by molar-refractivity contribution is -0.129. The van der Waals surface area contributed by atoms with Gasteiger partial charge >= 0.3 is 5.97 Å². The summed E-state index contributed by atoms with van der Waals surface area (Å²) in [6.45, 7) is 2.46. The van der Waals surface area contributed by atoms with Gasteiger partial charge in [-0.1, -0.05) is 48.0 Å². The molecule has 3 nitrogen and oxygen atoms in total. The van der Waals surface area contributed by atoms with E-state index in [0.29, 0.717) is 12.4 Å². The van der Waals surface area contributed by atoms with Gasteiger partial charge in [-0.15, -0.1) is 0 Å². The smallest absolute Gasteiger partial charge is 0.339 e. The van der Waals surface area contributed by atoms with E-state index >= 15 is 0 Å². The Kier molecular flexibility index (Phi) is 4.95. The van der Waals surface area contributed by atoms with Crippen LogP contribution >= 0.6 is 0 Å². The van der Waals surface area contributed by atoms with Crippen molar-refractivity contribution in [2.45, 2.75) is 13.5 Å². The Bertz CT molecular complexity index is 571. The number of para-hydroxylation sites is 1. The predicted octanol–water partition coefficient (Wildman–Crippen LogP) is 3.63. The molecule has 2 aromatic rings. The van der Waals surface area contributed by atoms with Gasteiger partial charge in [-0.25, -0.2) is 4.79 Å². The largest absolute Gasteiger partial charge is 0.496 e. The van der Waals surface area contributed by atoms with Crippen molar-refractivity contribution in [1.82, 2.24) is 0 Å². The second kappa shape index (κ2) is 7.14. The van der Waals surface area contributed by atoms with E-state index in [0.717, 1.165) is 5.56 Å². The zero-order valence-corrected chi connectivity index (χ0v) is 11.3. The number of hydrogen-bond donors (Lipinski definition) is 0. The van der Waals surface area contributed by atoms with Gasteiger partial charge in [-0.3, -0.25) is 0 Å². The highest BCUT2D eigenvalue weighted by Crippen LogP contribution is 2.09. The Morgan fingerprint density at radius 1 is 1.05 bits per heavy atom. The summed E-state index contributed by atoms with van der Waals surface area (Å²) in [6.07, 6.45) is 2.62. The van der Waals surface area contributed by atoms with Crippen LogP contribution in [0.4, 0.5) is 0 Å². The molecule has 0 radical (unpaired) electrons. The van der Waals surface area contributed by atoms with Crippen LogP contribution in [0.1, 0.15) is 11.1 Å². The molecule has 0 saturated carbocycles. The van der Waals surface area contributed by atoms with Crippen LogP contribution in [0, 0.1) is 6.92 Å². The van der Waals surface area contributed by atoms with Crippen LogP contribution in [0.25, 0.3) is 0 Å². The fourth-order valence-corrected chi connectivity index (χ4v) is 1.57. The Morgan fingerprint density at radius 3 is 2.45 bits per heavy atom. The molecule has 0 unspecified atom stereocenters. The third-order valence-corrected chi connectivity index (χ3v) is 2.63. The van der Waals surface area contributed by atoms with Crippen molar-refractivity contribution in [2.75, 3.05) is 0 Å². The van der Waals surface area contributed by atoms with Gasteiger partial charge in [0, 0.05) is 0 Å². The zero-order chi connectivity index (χ0) is 14.2. The number of rotatable bonds is 5. The van der Waals surface area contributed by atoms with Gasteiger partial charge in [0.2, 0.25) is 0 Å². The highest BCUT2D eigenvalue weighted by Gasteiger charge is 1.98. The molecule has 2 rings (SSSR count). The molecule has 0 aliphatic carbocycles. The number of carbonyl (C=O) groups is 1. The van der Waals surface area contributed by atoms with Gasteiger partial charge in [0.15, 0.2) is 0 Å². The van der Waals surface area contributed by atoms with E-state index in [1.54, 1.807) is 24.3 Å². The maximum absolute atomic E-state index is 11.5. The molecule has 0 heterocycles. The van der Waals surface area contributed by atoms with Crippen molar-refractivity contribution in [3.8, 4) is 5.75 Å². The van der Waals surface area contributed by atoms with Gasteiger partial charge in [0.1, 0.15) is 12.4 Å². The molecule has 0 aliphatic rings. The average Bonchev–Trinajstić information content (AvgIpc) is 2.46. The second-order valence-corrected chi connectivity index (χ2v) is 4.33. The minimum absolute atomic E-state index is 0.426. The van der Waals surface area contributed by atoms with Gasteiger partial charge in [0.05, 0.1) is 12.3 Å². The highest BCUT2D eigenvalue weighted by molar-refractivity contribution is 5.83. The Hall–Kier alpha value is -2.55. The quantitative estimate of drug-likeness (QED) is 0.359. The van der Waals surface area contributed by atoms with Gasteiger partial charge in [-0.05, 0) is 24.6 Å². The summed E-state index contributed by atoms with van der Waals surface area (Å²) in [7, 11) is 0. The molecule has 20 heavy (non-hydrogen) atoms. The molecule has 0 spiro atoms. The fourth-order valence-electron chi connectivity index (χ4n) is 1.57. The summed E-state index contributed by atoms with van der Waals surface area (Å²) in [4.78, 5) is 11.5. The first kappa shape index (κ1) is 13.9. The molecule has 3 heteroatoms. The lowest BCUT2D eigenvalue weighted by atomic mass is 10.2. The number of esters is 1. The van der Waals surface area contributed by atoms with Gasteiger partial charge < -0.3 is 9.47 Å². The van der Waals surface area contributed by atoms with E-state index in [9.17, 15) is 4.79 Å². The Labute approximate surface area is 118 Å². The molecule has 0 atom stereocenters.